The highest BCUT2D eigenvalue weighted by Crippen LogP contribution is 2.44. The third-order valence-electron chi connectivity index (χ3n) is 7.31. The van der Waals surface area contributed by atoms with E-state index in [1.807, 2.05) is 19.1 Å². The van der Waals surface area contributed by atoms with Crippen molar-refractivity contribution < 1.29 is 19.7 Å². The van der Waals surface area contributed by atoms with Crippen molar-refractivity contribution in [3.8, 4) is 23.0 Å². The van der Waals surface area contributed by atoms with E-state index in [1.54, 1.807) is 32.4 Å². The fourth-order valence-electron chi connectivity index (χ4n) is 5.52. The fraction of sp³-hybridized carbons (Fsp3) is 0.310. The monoisotopic (exact) mass is 489 g/mol. The molecule has 2 heterocycles. The number of methoxy groups -OCH3 is 2. The van der Waals surface area contributed by atoms with E-state index in [-0.39, 0.29) is 0 Å². The van der Waals surface area contributed by atoms with Crippen molar-refractivity contribution in [3.63, 3.8) is 0 Å². The van der Waals surface area contributed by atoms with Gasteiger partial charge in [-0.1, -0.05) is 6.07 Å². The molecule has 1 saturated heterocycles. The first-order valence-electron chi connectivity index (χ1n) is 11.9. The molecule has 0 bridgehead atoms. The molecule has 1 unspecified atom stereocenters. The Morgan fingerprint density at radius 2 is 1.57 bits per heavy atom. The Labute approximate surface area is 211 Å². The molecule has 1 atom stereocenters. The summed E-state index contributed by atoms with van der Waals surface area (Å²) in [7, 11) is 3.35. The van der Waals surface area contributed by atoms with E-state index >= 15 is 0 Å². The maximum Gasteiger partial charge on any atom is 0.161 e. The normalized spacial score (nSPS) is 17.0. The molecule has 2 aliphatic heterocycles. The van der Waals surface area contributed by atoms with Crippen LogP contribution in [0.5, 0.6) is 23.0 Å². The molecular formula is C29H31NO4S. The van der Waals surface area contributed by atoms with Gasteiger partial charge in [0.15, 0.2) is 11.5 Å². The van der Waals surface area contributed by atoms with E-state index in [0.717, 1.165) is 45.7 Å². The van der Waals surface area contributed by atoms with Crippen LogP contribution < -0.4 is 9.47 Å². The quantitative estimate of drug-likeness (QED) is 0.230. The maximum absolute atomic E-state index is 10.1. The van der Waals surface area contributed by atoms with Crippen molar-refractivity contribution in [3.05, 3.63) is 65.2 Å². The van der Waals surface area contributed by atoms with Gasteiger partial charge in [-0.2, -0.15) is 0 Å². The molecule has 5 nitrogen and oxygen atoms in total. The maximum atomic E-state index is 10.1. The molecule has 1 fully saturated rings. The molecule has 4 aromatic carbocycles. The number of phenols is 2. The summed E-state index contributed by atoms with van der Waals surface area (Å²) in [5, 5.41) is 23.8. The van der Waals surface area contributed by atoms with Crippen LogP contribution >= 0.6 is 12.6 Å². The van der Waals surface area contributed by atoms with Crippen LogP contribution in [0, 0.1) is 6.92 Å². The molecule has 0 amide bonds. The zero-order valence-corrected chi connectivity index (χ0v) is 21.2. The minimum atomic E-state index is 0.295. The molecule has 2 N–H and O–H groups in total. The molecular weight excluding hydrogens is 458 g/mol. The van der Waals surface area contributed by atoms with Gasteiger partial charge in [-0.05, 0) is 113 Å². The molecule has 35 heavy (non-hydrogen) atoms. The standard InChI is InChI=1S/C22H23NO3.C7H8OS/c1-25-21-10-18-16-8-13-4-3-7-23(13)12-20(16)15-6-5-14(24)9-17(15)19(18)11-22(21)26-2;1-5-4-6(9)2-3-7(5)8/h5-6,9-11,13,24H,3-4,7-8,12H2,1-2H3;2-4,8-9H,1H3. The smallest absolute Gasteiger partial charge is 0.161 e. The van der Waals surface area contributed by atoms with Gasteiger partial charge in [0.2, 0.25) is 0 Å². The van der Waals surface area contributed by atoms with E-state index in [1.165, 1.54) is 41.3 Å². The number of aromatic hydroxyl groups is 2. The Kier molecular flexibility index (Phi) is 6.43. The molecule has 4 aromatic rings. The predicted octanol–water partition coefficient (Wildman–Crippen LogP) is 6.23. The highest BCUT2D eigenvalue weighted by Gasteiger charge is 2.32. The Balaban J connectivity index is 0.000000239. The van der Waals surface area contributed by atoms with Crippen molar-refractivity contribution >= 4 is 34.2 Å². The first kappa shape index (κ1) is 23.6. The molecule has 182 valence electrons. The van der Waals surface area contributed by atoms with Crippen LogP contribution in [0.1, 0.15) is 29.5 Å². The molecule has 6 heteroatoms. The summed E-state index contributed by atoms with van der Waals surface area (Å²) in [6.45, 7) is 4.02. The van der Waals surface area contributed by atoms with Crippen molar-refractivity contribution in [1.82, 2.24) is 4.90 Å². The number of ether oxygens (including phenoxy) is 2. The summed E-state index contributed by atoms with van der Waals surface area (Å²) < 4.78 is 11.1. The lowest BCUT2D eigenvalue weighted by molar-refractivity contribution is 0.229. The minimum absolute atomic E-state index is 0.295. The summed E-state index contributed by atoms with van der Waals surface area (Å²) in [4.78, 5) is 3.49. The van der Waals surface area contributed by atoms with Gasteiger partial charge in [-0.15, -0.1) is 12.6 Å². The average Bonchev–Trinajstić information content (AvgIpc) is 3.32. The number of rotatable bonds is 2. The number of nitrogens with zero attached hydrogens (tertiary/aromatic N) is 1. The van der Waals surface area contributed by atoms with Crippen LogP contribution in [0.3, 0.4) is 0 Å². The van der Waals surface area contributed by atoms with Crippen LogP contribution in [0.15, 0.2) is 53.4 Å². The summed E-state index contributed by atoms with van der Waals surface area (Å²) >= 11 is 4.09. The lowest BCUT2D eigenvalue weighted by atomic mass is 9.85. The number of benzene rings is 4. The third kappa shape index (κ3) is 4.37. The van der Waals surface area contributed by atoms with E-state index in [9.17, 15) is 5.11 Å². The molecule has 0 saturated carbocycles. The lowest BCUT2D eigenvalue weighted by Gasteiger charge is -2.33. The molecule has 0 spiro atoms. The van der Waals surface area contributed by atoms with Crippen molar-refractivity contribution in [2.45, 2.75) is 43.7 Å². The van der Waals surface area contributed by atoms with E-state index in [0.29, 0.717) is 17.5 Å². The Morgan fingerprint density at radius 3 is 2.26 bits per heavy atom. The van der Waals surface area contributed by atoms with Crippen LogP contribution in [-0.2, 0) is 13.0 Å². The summed E-state index contributed by atoms with van der Waals surface area (Å²) in [5.74, 6) is 2.11. The summed E-state index contributed by atoms with van der Waals surface area (Å²) in [5.41, 5.74) is 3.70. The second-order valence-corrected chi connectivity index (χ2v) is 9.90. The zero-order valence-electron chi connectivity index (χ0n) is 20.3. The molecule has 6 rings (SSSR count). The molecule has 0 aliphatic carbocycles. The van der Waals surface area contributed by atoms with Gasteiger partial charge < -0.3 is 19.7 Å². The van der Waals surface area contributed by atoms with Crippen LogP contribution in [0.25, 0.3) is 21.5 Å². The van der Waals surface area contributed by atoms with E-state index < -0.39 is 0 Å². The third-order valence-corrected chi connectivity index (χ3v) is 7.59. The number of aryl methyl sites for hydroxylation is 1. The average molecular weight is 490 g/mol. The highest BCUT2D eigenvalue weighted by molar-refractivity contribution is 7.80. The molecule has 0 radical (unpaired) electrons. The van der Waals surface area contributed by atoms with Crippen molar-refractivity contribution in [2.24, 2.45) is 0 Å². The Morgan fingerprint density at radius 1 is 0.857 bits per heavy atom. The molecule has 2 aliphatic rings. The summed E-state index contributed by atoms with van der Waals surface area (Å²) in [6.07, 6.45) is 3.65. The number of fused-ring (bicyclic) bond motifs is 7. The Bertz CT molecular complexity index is 1420. The molecule has 0 aromatic heterocycles. The zero-order chi connectivity index (χ0) is 24.7. The van der Waals surface area contributed by atoms with Crippen molar-refractivity contribution in [1.29, 1.82) is 0 Å². The van der Waals surface area contributed by atoms with Crippen LogP contribution in [-0.4, -0.2) is 41.9 Å². The SMILES string of the molecule is COc1cc2c3c(c4ccc(O)cc4c2cc1OC)CN1CCCC1C3.Cc1cc(S)ccc1O. The first-order chi connectivity index (χ1) is 16.9. The first-order valence-corrected chi connectivity index (χ1v) is 12.4. The largest absolute Gasteiger partial charge is 0.508 e. The fourth-order valence-corrected chi connectivity index (χ4v) is 5.79. The van der Waals surface area contributed by atoms with Gasteiger partial charge in [0, 0.05) is 17.5 Å². The second-order valence-electron chi connectivity index (χ2n) is 9.38. The van der Waals surface area contributed by atoms with Gasteiger partial charge >= 0.3 is 0 Å². The topological polar surface area (TPSA) is 62.2 Å². The van der Waals surface area contributed by atoms with Crippen LogP contribution in [0.2, 0.25) is 0 Å². The van der Waals surface area contributed by atoms with Gasteiger partial charge in [0.1, 0.15) is 11.5 Å². The van der Waals surface area contributed by atoms with Gasteiger partial charge in [-0.3, -0.25) is 4.90 Å². The van der Waals surface area contributed by atoms with Crippen molar-refractivity contribution in [2.75, 3.05) is 20.8 Å². The van der Waals surface area contributed by atoms with E-state index in [2.05, 4.69) is 35.7 Å². The second kappa shape index (κ2) is 9.51. The number of phenolic OH excluding ortho intramolecular Hbond substituents is 2. The van der Waals surface area contributed by atoms with Gasteiger partial charge in [0.25, 0.3) is 0 Å². The minimum Gasteiger partial charge on any atom is -0.508 e. The number of hydrogen-bond acceptors (Lipinski definition) is 6. The Hall–Kier alpha value is -3.09. The van der Waals surface area contributed by atoms with Crippen LogP contribution in [0.4, 0.5) is 0 Å². The predicted molar refractivity (Wildman–Crippen MR) is 143 cm³/mol. The number of thiol groups is 1. The number of hydrogen-bond donors (Lipinski definition) is 3. The lowest BCUT2D eigenvalue weighted by Crippen LogP contribution is -2.35. The summed E-state index contributed by atoms with van der Waals surface area (Å²) in [6, 6.07) is 15.8. The highest BCUT2D eigenvalue weighted by atomic mass is 32.1. The van der Waals surface area contributed by atoms with E-state index in [4.69, 9.17) is 14.6 Å². The van der Waals surface area contributed by atoms with Gasteiger partial charge in [0.05, 0.1) is 14.2 Å². The van der Waals surface area contributed by atoms with Gasteiger partial charge in [-0.25, -0.2) is 0 Å².